The largest absolute Gasteiger partial charge is 0.496 e. The van der Waals surface area contributed by atoms with Gasteiger partial charge in [-0.3, -0.25) is 4.79 Å². The van der Waals surface area contributed by atoms with Crippen LogP contribution in [-0.4, -0.2) is 39.0 Å². The number of amides is 1. The molecular weight excluding hydrogens is 368 g/mol. The van der Waals surface area contributed by atoms with Crippen molar-refractivity contribution >= 4 is 22.0 Å². The average Bonchev–Trinajstić information content (AvgIpc) is 3.06. The Kier molecular flexibility index (Phi) is 6.81. The van der Waals surface area contributed by atoms with E-state index in [0.29, 0.717) is 17.3 Å². The summed E-state index contributed by atoms with van der Waals surface area (Å²) in [6.07, 6.45) is 4.03. The molecule has 0 aliphatic rings. The predicted molar refractivity (Wildman–Crippen MR) is 104 cm³/mol. The molecule has 0 aliphatic carbocycles. The van der Waals surface area contributed by atoms with Gasteiger partial charge in [0.15, 0.2) is 0 Å². The number of furan rings is 1. The third-order valence-corrected chi connectivity index (χ3v) is 5.25. The zero-order chi connectivity index (χ0) is 20.0. The minimum Gasteiger partial charge on any atom is -0.496 e. The molecular formula is C19H24N2O5S. The summed E-state index contributed by atoms with van der Waals surface area (Å²) >= 11 is 0. The van der Waals surface area contributed by atoms with Gasteiger partial charge in [-0.15, -0.1) is 0 Å². The van der Waals surface area contributed by atoms with Gasteiger partial charge in [-0.1, -0.05) is 18.2 Å². The monoisotopic (exact) mass is 392 g/mol. The maximum atomic E-state index is 12.1. The number of carbonyl (C=O) groups is 1. The second-order valence-corrected chi connectivity index (χ2v) is 8.22. The second-order valence-electron chi connectivity index (χ2n) is 6.13. The standard InChI is InChI=1S/C19H24N2O5S/c1-14(17-7-5-6-8-18(17)25-3)20-19(22)12-11-15-9-10-16(26-15)13-21(2)27(4,23)24/h5-12,14H,13H2,1-4H3,(H,20,22)/b12-11+/t14-/m0/s1. The minimum atomic E-state index is -3.28. The molecule has 1 N–H and O–H groups in total. The Morgan fingerprint density at radius 1 is 1.30 bits per heavy atom. The van der Waals surface area contributed by atoms with Crippen molar-refractivity contribution in [1.82, 2.24) is 9.62 Å². The Labute approximate surface area is 159 Å². The molecule has 0 fully saturated rings. The molecule has 146 valence electrons. The van der Waals surface area contributed by atoms with Crippen LogP contribution in [0.2, 0.25) is 0 Å². The van der Waals surface area contributed by atoms with Crippen LogP contribution in [-0.2, 0) is 21.4 Å². The lowest BCUT2D eigenvalue weighted by molar-refractivity contribution is -0.117. The lowest BCUT2D eigenvalue weighted by atomic mass is 10.1. The van der Waals surface area contributed by atoms with Gasteiger partial charge >= 0.3 is 0 Å². The van der Waals surface area contributed by atoms with Crippen molar-refractivity contribution in [2.45, 2.75) is 19.5 Å². The van der Waals surface area contributed by atoms with E-state index in [1.165, 1.54) is 23.5 Å². The highest BCUT2D eigenvalue weighted by atomic mass is 32.2. The van der Waals surface area contributed by atoms with Crippen LogP contribution in [0.1, 0.15) is 30.0 Å². The SMILES string of the molecule is COc1ccccc1[C@H](C)NC(=O)/C=C/c1ccc(CN(C)S(C)(=O)=O)o1. The van der Waals surface area contributed by atoms with Crippen molar-refractivity contribution < 1.29 is 22.4 Å². The number of hydrogen-bond acceptors (Lipinski definition) is 5. The average molecular weight is 392 g/mol. The van der Waals surface area contributed by atoms with Crippen molar-refractivity contribution in [3.05, 3.63) is 59.6 Å². The number of benzene rings is 1. The Morgan fingerprint density at radius 2 is 2.00 bits per heavy atom. The number of sulfonamides is 1. The summed E-state index contributed by atoms with van der Waals surface area (Å²) in [7, 11) is -0.224. The first-order chi connectivity index (χ1) is 12.7. The summed E-state index contributed by atoms with van der Waals surface area (Å²) in [5.74, 6) is 1.39. The van der Waals surface area contributed by atoms with E-state index in [2.05, 4.69) is 5.32 Å². The molecule has 1 aromatic carbocycles. The highest BCUT2D eigenvalue weighted by molar-refractivity contribution is 7.88. The van der Waals surface area contributed by atoms with Crippen LogP contribution in [0.5, 0.6) is 5.75 Å². The van der Waals surface area contributed by atoms with Gasteiger partial charge in [0.25, 0.3) is 0 Å². The first-order valence-electron chi connectivity index (χ1n) is 8.32. The van der Waals surface area contributed by atoms with Gasteiger partial charge in [0.2, 0.25) is 15.9 Å². The molecule has 1 aromatic heterocycles. The topological polar surface area (TPSA) is 88.9 Å². The third-order valence-electron chi connectivity index (χ3n) is 3.99. The first kappa shape index (κ1) is 20.7. The van der Waals surface area contributed by atoms with E-state index in [4.69, 9.17) is 9.15 Å². The fourth-order valence-corrected chi connectivity index (χ4v) is 2.79. The maximum absolute atomic E-state index is 12.1. The quantitative estimate of drug-likeness (QED) is 0.698. The summed E-state index contributed by atoms with van der Waals surface area (Å²) in [5.41, 5.74) is 0.880. The molecule has 1 amide bonds. The van der Waals surface area contributed by atoms with Gasteiger partial charge in [0.05, 0.1) is 26.0 Å². The molecule has 0 aliphatic heterocycles. The van der Waals surface area contributed by atoms with Crippen LogP contribution in [0.15, 0.2) is 46.9 Å². The normalized spacial score (nSPS) is 13.1. The minimum absolute atomic E-state index is 0.129. The van der Waals surface area contributed by atoms with Gasteiger partial charge in [0, 0.05) is 18.7 Å². The Hall–Kier alpha value is -2.58. The zero-order valence-corrected chi connectivity index (χ0v) is 16.6. The van der Waals surface area contributed by atoms with E-state index < -0.39 is 10.0 Å². The number of carbonyl (C=O) groups excluding carboxylic acids is 1. The van der Waals surface area contributed by atoms with Gasteiger partial charge in [-0.05, 0) is 31.2 Å². The van der Waals surface area contributed by atoms with Gasteiger partial charge in [-0.25, -0.2) is 8.42 Å². The van der Waals surface area contributed by atoms with E-state index >= 15 is 0 Å². The molecule has 0 saturated carbocycles. The van der Waals surface area contributed by atoms with Crippen LogP contribution < -0.4 is 10.1 Å². The number of nitrogens with one attached hydrogen (secondary N) is 1. The first-order valence-corrected chi connectivity index (χ1v) is 10.2. The van der Waals surface area contributed by atoms with Crippen LogP contribution in [0.25, 0.3) is 6.08 Å². The van der Waals surface area contributed by atoms with E-state index in [9.17, 15) is 13.2 Å². The molecule has 0 bridgehead atoms. The van der Waals surface area contributed by atoms with Gasteiger partial charge in [-0.2, -0.15) is 4.31 Å². The number of para-hydroxylation sites is 1. The maximum Gasteiger partial charge on any atom is 0.244 e. The fraction of sp³-hybridized carbons (Fsp3) is 0.316. The molecule has 2 aromatic rings. The van der Waals surface area contributed by atoms with E-state index in [1.807, 2.05) is 31.2 Å². The van der Waals surface area contributed by atoms with E-state index in [1.54, 1.807) is 19.2 Å². The van der Waals surface area contributed by atoms with Crippen LogP contribution in [0.3, 0.4) is 0 Å². The van der Waals surface area contributed by atoms with Crippen molar-refractivity contribution in [2.24, 2.45) is 0 Å². The highest BCUT2D eigenvalue weighted by Gasteiger charge is 2.14. The number of rotatable bonds is 8. The molecule has 8 heteroatoms. The van der Waals surface area contributed by atoms with Crippen LogP contribution in [0, 0.1) is 0 Å². The lowest BCUT2D eigenvalue weighted by Gasteiger charge is -2.16. The molecule has 1 heterocycles. The van der Waals surface area contributed by atoms with Crippen LogP contribution >= 0.6 is 0 Å². The molecule has 0 radical (unpaired) electrons. The summed E-state index contributed by atoms with van der Waals surface area (Å²) < 4.78 is 34.9. The predicted octanol–water partition coefficient (Wildman–Crippen LogP) is 2.57. The molecule has 27 heavy (non-hydrogen) atoms. The number of methoxy groups -OCH3 is 1. The van der Waals surface area contributed by atoms with Crippen molar-refractivity contribution in [1.29, 1.82) is 0 Å². The van der Waals surface area contributed by atoms with Crippen molar-refractivity contribution in [3.63, 3.8) is 0 Å². The van der Waals surface area contributed by atoms with Gasteiger partial charge in [0.1, 0.15) is 17.3 Å². The Morgan fingerprint density at radius 3 is 2.67 bits per heavy atom. The van der Waals surface area contributed by atoms with E-state index in [-0.39, 0.29) is 18.5 Å². The summed E-state index contributed by atoms with van der Waals surface area (Å²) in [5, 5.41) is 2.87. The Balaban J connectivity index is 1.97. The number of nitrogens with zero attached hydrogens (tertiary/aromatic N) is 1. The summed E-state index contributed by atoms with van der Waals surface area (Å²) in [6, 6.07) is 10.6. The smallest absolute Gasteiger partial charge is 0.244 e. The molecule has 7 nitrogen and oxygen atoms in total. The Bertz CT molecular complexity index is 918. The molecule has 0 unspecified atom stereocenters. The highest BCUT2D eigenvalue weighted by Crippen LogP contribution is 2.24. The van der Waals surface area contributed by atoms with E-state index in [0.717, 1.165) is 11.8 Å². The molecule has 1 atom stereocenters. The number of ether oxygens (including phenoxy) is 1. The lowest BCUT2D eigenvalue weighted by Crippen LogP contribution is -2.25. The van der Waals surface area contributed by atoms with Crippen molar-refractivity contribution in [3.8, 4) is 5.75 Å². The zero-order valence-electron chi connectivity index (χ0n) is 15.8. The molecule has 2 rings (SSSR count). The summed E-state index contributed by atoms with van der Waals surface area (Å²) in [4.78, 5) is 12.1. The number of hydrogen-bond donors (Lipinski definition) is 1. The van der Waals surface area contributed by atoms with Gasteiger partial charge < -0.3 is 14.5 Å². The summed E-state index contributed by atoms with van der Waals surface area (Å²) in [6.45, 7) is 2.00. The molecule has 0 saturated heterocycles. The third kappa shape index (κ3) is 5.97. The fourth-order valence-electron chi connectivity index (χ4n) is 2.43. The van der Waals surface area contributed by atoms with Crippen LogP contribution in [0.4, 0.5) is 0 Å². The molecule has 0 spiro atoms. The second kappa shape index (κ2) is 8.88. The van der Waals surface area contributed by atoms with Crippen molar-refractivity contribution in [2.75, 3.05) is 20.4 Å².